The molecule has 1 aliphatic heterocycles. The second kappa shape index (κ2) is 6.18. The first-order chi connectivity index (χ1) is 10.2. The molecule has 0 aliphatic carbocycles. The zero-order valence-electron chi connectivity index (χ0n) is 11.9. The number of hydrogen-bond donors (Lipinski definition) is 2. The molecule has 3 heteroatoms. The van der Waals surface area contributed by atoms with Crippen LogP contribution >= 0.6 is 11.6 Å². The number of hydrogen-bond acceptors (Lipinski definition) is 2. The van der Waals surface area contributed by atoms with Crippen molar-refractivity contribution in [3.05, 3.63) is 70.7 Å². The molecule has 2 atom stereocenters. The van der Waals surface area contributed by atoms with Crippen molar-refractivity contribution in [3.8, 4) is 0 Å². The van der Waals surface area contributed by atoms with Crippen LogP contribution in [-0.2, 0) is 5.60 Å². The maximum Gasteiger partial charge on any atom is 0.130 e. The Kier molecular flexibility index (Phi) is 4.29. The Morgan fingerprint density at radius 1 is 0.952 bits per heavy atom. The lowest BCUT2D eigenvalue weighted by Gasteiger charge is -2.40. The molecule has 0 bridgehead atoms. The van der Waals surface area contributed by atoms with E-state index in [0.717, 1.165) is 30.5 Å². The fraction of sp³-hybridized carbons (Fsp3) is 0.333. The highest BCUT2D eigenvalue weighted by molar-refractivity contribution is 6.30. The second-order valence-electron chi connectivity index (χ2n) is 5.64. The van der Waals surface area contributed by atoms with E-state index in [4.69, 9.17) is 11.6 Å². The summed E-state index contributed by atoms with van der Waals surface area (Å²) in [5.41, 5.74) is 0.788. The van der Waals surface area contributed by atoms with E-state index in [2.05, 4.69) is 5.32 Å². The van der Waals surface area contributed by atoms with Gasteiger partial charge < -0.3 is 10.4 Å². The minimum Gasteiger partial charge on any atom is -0.379 e. The lowest BCUT2D eigenvalue weighted by molar-refractivity contribution is 0.0268. The first-order valence-corrected chi connectivity index (χ1v) is 7.86. The van der Waals surface area contributed by atoms with Crippen LogP contribution in [0.15, 0.2) is 54.6 Å². The number of nitrogens with one attached hydrogen (secondary N) is 1. The summed E-state index contributed by atoms with van der Waals surface area (Å²) in [6, 6.07) is 17.4. The molecule has 3 rings (SSSR count). The summed E-state index contributed by atoms with van der Waals surface area (Å²) in [6.07, 6.45) is 3.27. The molecule has 110 valence electrons. The van der Waals surface area contributed by atoms with Crippen LogP contribution in [0.5, 0.6) is 0 Å². The van der Waals surface area contributed by atoms with Crippen molar-refractivity contribution in [2.45, 2.75) is 30.9 Å². The van der Waals surface area contributed by atoms with Gasteiger partial charge in [0.25, 0.3) is 0 Å². The smallest absolute Gasteiger partial charge is 0.130 e. The van der Waals surface area contributed by atoms with Crippen molar-refractivity contribution in [1.82, 2.24) is 5.32 Å². The lowest BCUT2D eigenvalue weighted by Crippen LogP contribution is -2.51. The summed E-state index contributed by atoms with van der Waals surface area (Å²) in [5.74, 6) is 0. The Labute approximate surface area is 130 Å². The predicted octanol–water partition coefficient (Wildman–Crippen LogP) is 3.72. The van der Waals surface area contributed by atoms with E-state index in [0.29, 0.717) is 5.02 Å². The van der Waals surface area contributed by atoms with Crippen molar-refractivity contribution >= 4 is 11.6 Å². The molecule has 2 N–H and O–H groups in total. The van der Waals surface area contributed by atoms with Gasteiger partial charge in [0.15, 0.2) is 0 Å². The summed E-state index contributed by atoms with van der Waals surface area (Å²) in [4.78, 5) is 0. The minimum atomic E-state index is -1.02. The van der Waals surface area contributed by atoms with Gasteiger partial charge in [-0.25, -0.2) is 0 Å². The van der Waals surface area contributed by atoms with E-state index in [1.807, 2.05) is 54.6 Å². The molecule has 2 nitrogen and oxygen atoms in total. The van der Waals surface area contributed by atoms with Crippen LogP contribution in [0.2, 0.25) is 5.02 Å². The van der Waals surface area contributed by atoms with Gasteiger partial charge in [-0.3, -0.25) is 0 Å². The van der Waals surface area contributed by atoms with Crippen LogP contribution in [0.3, 0.4) is 0 Å². The molecule has 2 aromatic rings. The maximum atomic E-state index is 11.6. The van der Waals surface area contributed by atoms with Crippen molar-refractivity contribution in [3.63, 3.8) is 0 Å². The molecule has 1 aliphatic rings. The molecule has 21 heavy (non-hydrogen) atoms. The third-order valence-corrected chi connectivity index (χ3v) is 4.56. The molecule has 0 amide bonds. The molecule has 2 unspecified atom stereocenters. The summed E-state index contributed by atoms with van der Waals surface area (Å²) in [7, 11) is 0. The van der Waals surface area contributed by atoms with Crippen LogP contribution in [0.1, 0.15) is 30.4 Å². The van der Waals surface area contributed by atoms with Crippen molar-refractivity contribution in [2.24, 2.45) is 0 Å². The standard InChI is InChI=1S/C18H20ClNO/c19-16-11-9-15(10-12-16)18(21,14-6-2-1-3-7-14)17-8-4-5-13-20-17/h1-3,6-7,9-12,17,20-21H,4-5,8,13H2. The van der Waals surface area contributed by atoms with E-state index >= 15 is 0 Å². The van der Waals surface area contributed by atoms with E-state index in [9.17, 15) is 5.11 Å². The van der Waals surface area contributed by atoms with Crippen LogP contribution in [0.4, 0.5) is 0 Å². The van der Waals surface area contributed by atoms with Crippen LogP contribution in [0, 0.1) is 0 Å². The fourth-order valence-electron chi connectivity index (χ4n) is 3.17. The number of piperidine rings is 1. The zero-order chi connectivity index (χ0) is 14.7. The van der Waals surface area contributed by atoms with Crippen LogP contribution < -0.4 is 5.32 Å². The van der Waals surface area contributed by atoms with Gasteiger partial charge in [0, 0.05) is 11.1 Å². The Balaban J connectivity index is 2.07. The van der Waals surface area contributed by atoms with Crippen LogP contribution in [0.25, 0.3) is 0 Å². The molecule has 0 saturated carbocycles. The molecule has 1 heterocycles. The molecular formula is C18H20ClNO. The Bertz CT molecular complexity index is 578. The van der Waals surface area contributed by atoms with Gasteiger partial charge in [-0.1, -0.05) is 60.5 Å². The molecular weight excluding hydrogens is 282 g/mol. The van der Waals surface area contributed by atoms with Gasteiger partial charge in [0.2, 0.25) is 0 Å². The SMILES string of the molecule is OC(c1ccccc1)(c1ccc(Cl)cc1)C1CCCCN1. The zero-order valence-corrected chi connectivity index (χ0v) is 12.7. The van der Waals surface area contributed by atoms with Gasteiger partial charge in [0.05, 0.1) is 0 Å². The van der Waals surface area contributed by atoms with Gasteiger partial charge in [-0.05, 0) is 42.6 Å². The maximum absolute atomic E-state index is 11.6. The Morgan fingerprint density at radius 2 is 1.62 bits per heavy atom. The number of rotatable bonds is 3. The predicted molar refractivity (Wildman–Crippen MR) is 86.5 cm³/mol. The highest BCUT2D eigenvalue weighted by Crippen LogP contribution is 2.36. The van der Waals surface area contributed by atoms with Gasteiger partial charge >= 0.3 is 0 Å². The highest BCUT2D eigenvalue weighted by atomic mass is 35.5. The third kappa shape index (κ3) is 2.84. The second-order valence-corrected chi connectivity index (χ2v) is 6.08. The van der Waals surface area contributed by atoms with Gasteiger partial charge in [-0.15, -0.1) is 0 Å². The summed E-state index contributed by atoms with van der Waals surface area (Å²) >= 11 is 6.00. The summed E-state index contributed by atoms with van der Waals surface area (Å²) < 4.78 is 0. The molecule has 0 radical (unpaired) electrons. The van der Waals surface area contributed by atoms with Crippen molar-refractivity contribution in [1.29, 1.82) is 0 Å². The number of aliphatic hydroxyl groups is 1. The molecule has 0 aromatic heterocycles. The Hall–Kier alpha value is -1.35. The van der Waals surface area contributed by atoms with Crippen molar-refractivity contribution in [2.75, 3.05) is 6.54 Å². The van der Waals surface area contributed by atoms with Crippen molar-refractivity contribution < 1.29 is 5.11 Å². The summed E-state index contributed by atoms with van der Waals surface area (Å²) in [5, 5.41) is 15.7. The molecule has 0 spiro atoms. The summed E-state index contributed by atoms with van der Waals surface area (Å²) in [6.45, 7) is 0.952. The normalized spacial score (nSPS) is 21.7. The quantitative estimate of drug-likeness (QED) is 0.905. The number of halogens is 1. The van der Waals surface area contributed by atoms with Gasteiger partial charge in [0.1, 0.15) is 5.60 Å². The third-order valence-electron chi connectivity index (χ3n) is 4.31. The largest absolute Gasteiger partial charge is 0.379 e. The molecule has 2 aromatic carbocycles. The van der Waals surface area contributed by atoms with Gasteiger partial charge in [-0.2, -0.15) is 0 Å². The minimum absolute atomic E-state index is 0.0230. The molecule has 1 fully saturated rings. The lowest BCUT2D eigenvalue weighted by atomic mass is 9.77. The molecule has 1 saturated heterocycles. The average molecular weight is 302 g/mol. The highest BCUT2D eigenvalue weighted by Gasteiger charge is 2.40. The van der Waals surface area contributed by atoms with Crippen LogP contribution in [-0.4, -0.2) is 17.7 Å². The first-order valence-electron chi connectivity index (χ1n) is 7.48. The van der Waals surface area contributed by atoms with E-state index in [1.54, 1.807) is 0 Å². The topological polar surface area (TPSA) is 32.3 Å². The van der Waals surface area contributed by atoms with E-state index < -0.39 is 5.60 Å². The number of benzene rings is 2. The monoisotopic (exact) mass is 301 g/mol. The first kappa shape index (κ1) is 14.6. The average Bonchev–Trinajstić information content (AvgIpc) is 2.56. The Morgan fingerprint density at radius 3 is 2.24 bits per heavy atom. The van der Waals surface area contributed by atoms with E-state index in [1.165, 1.54) is 6.42 Å². The fourth-order valence-corrected chi connectivity index (χ4v) is 3.30. The van der Waals surface area contributed by atoms with E-state index in [-0.39, 0.29) is 6.04 Å².